The SMILES string of the molecule is CNC(=O)c1ccc(CN(C)Cc2nnnn2-c2ccccc2)cc1. The van der Waals surface area contributed by atoms with Gasteiger partial charge in [-0.05, 0) is 47.3 Å². The highest BCUT2D eigenvalue weighted by Gasteiger charge is 2.11. The first-order valence-corrected chi connectivity index (χ1v) is 7.99. The average molecular weight is 336 g/mol. The largest absolute Gasteiger partial charge is 0.355 e. The third-order valence-electron chi connectivity index (χ3n) is 3.84. The van der Waals surface area contributed by atoms with Gasteiger partial charge in [0.15, 0.2) is 5.82 Å². The van der Waals surface area contributed by atoms with Crippen LogP contribution in [-0.4, -0.2) is 45.1 Å². The fraction of sp³-hybridized carbons (Fsp3) is 0.222. The van der Waals surface area contributed by atoms with Crippen LogP contribution in [0.15, 0.2) is 54.6 Å². The van der Waals surface area contributed by atoms with E-state index in [0.717, 1.165) is 23.6 Å². The number of carbonyl (C=O) groups is 1. The summed E-state index contributed by atoms with van der Waals surface area (Å²) in [4.78, 5) is 13.7. The lowest BCUT2D eigenvalue weighted by atomic mass is 10.1. The van der Waals surface area contributed by atoms with Gasteiger partial charge in [0, 0.05) is 19.2 Å². The summed E-state index contributed by atoms with van der Waals surface area (Å²) >= 11 is 0. The summed E-state index contributed by atoms with van der Waals surface area (Å²) in [7, 11) is 3.64. The second-order valence-corrected chi connectivity index (χ2v) is 5.79. The molecule has 0 atom stereocenters. The van der Waals surface area contributed by atoms with E-state index in [1.54, 1.807) is 11.7 Å². The van der Waals surface area contributed by atoms with E-state index in [9.17, 15) is 4.79 Å². The third-order valence-corrected chi connectivity index (χ3v) is 3.84. The molecule has 7 heteroatoms. The molecule has 0 saturated heterocycles. The van der Waals surface area contributed by atoms with Crippen LogP contribution < -0.4 is 5.32 Å². The van der Waals surface area contributed by atoms with E-state index < -0.39 is 0 Å². The first-order valence-electron chi connectivity index (χ1n) is 7.99. The lowest BCUT2D eigenvalue weighted by Crippen LogP contribution is -2.20. The number of hydrogen-bond acceptors (Lipinski definition) is 5. The van der Waals surface area contributed by atoms with Gasteiger partial charge in [-0.25, -0.2) is 0 Å². The van der Waals surface area contributed by atoms with Gasteiger partial charge in [0.25, 0.3) is 5.91 Å². The summed E-state index contributed by atoms with van der Waals surface area (Å²) in [5.74, 6) is 0.692. The fourth-order valence-corrected chi connectivity index (χ4v) is 2.59. The monoisotopic (exact) mass is 336 g/mol. The van der Waals surface area contributed by atoms with Crippen LogP contribution in [0, 0.1) is 0 Å². The van der Waals surface area contributed by atoms with Gasteiger partial charge in [-0.1, -0.05) is 30.3 Å². The van der Waals surface area contributed by atoms with E-state index in [4.69, 9.17) is 0 Å². The number of para-hydroxylation sites is 1. The standard InChI is InChI=1S/C18H20N6O/c1-19-18(25)15-10-8-14(9-11-15)12-23(2)13-17-20-21-22-24(17)16-6-4-3-5-7-16/h3-11H,12-13H2,1-2H3,(H,19,25). The van der Waals surface area contributed by atoms with Crippen molar-refractivity contribution in [3.63, 3.8) is 0 Å². The Bertz CT molecular complexity index is 828. The van der Waals surface area contributed by atoms with Gasteiger partial charge in [-0.3, -0.25) is 9.69 Å². The Kier molecular flexibility index (Phi) is 5.15. The van der Waals surface area contributed by atoms with Gasteiger partial charge in [0.2, 0.25) is 0 Å². The van der Waals surface area contributed by atoms with Crippen LogP contribution in [0.3, 0.4) is 0 Å². The van der Waals surface area contributed by atoms with Crippen molar-refractivity contribution in [1.29, 1.82) is 0 Å². The minimum atomic E-state index is -0.0815. The molecule has 0 bridgehead atoms. The van der Waals surface area contributed by atoms with Crippen LogP contribution >= 0.6 is 0 Å². The van der Waals surface area contributed by atoms with Gasteiger partial charge in [0.1, 0.15) is 0 Å². The highest BCUT2D eigenvalue weighted by molar-refractivity contribution is 5.93. The molecule has 0 saturated carbocycles. The summed E-state index contributed by atoms with van der Waals surface area (Å²) in [6.45, 7) is 1.34. The smallest absolute Gasteiger partial charge is 0.251 e. The second kappa shape index (κ2) is 7.67. The number of carbonyl (C=O) groups excluding carboxylic acids is 1. The zero-order valence-electron chi connectivity index (χ0n) is 14.3. The number of benzene rings is 2. The number of hydrogen-bond donors (Lipinski definition) is 1. The molecule has 0 aliphatic carbocycles. The Morgan fingerprint density at radius 1 is 1.08 bits per heavy atom. The zero-order chi connectivity index (χ0) is 17.6. The second-order valence-electron chi connectivity index (χ2n) is 5.79. The first kappa shape index (κ1) is 16.8. The van der Waals surface area contributed by atoms with Crippen LogP contribution in [0.1, 0.15) is 21.7 Å². The van der Waals surface area contributed by atoms with Crippen LogP contribution in [0.25, 0.3) is 5.69 Å². The Morgan fingerprint density at radius 3 is 2.48 bits per heavy atom. The molecule has 25 heavy (non-hydrogen) atoms. The van der Waals surface area contributed by atoms with E-state index >= 15 is 0 Å². The van der Waals surface area contributed by atoms with Crippen molar-refractivity contribution in [3.8, 4) is 5.69 Å². The van der Waals surface area contributed by atoms with Gasteiger partial charge in [-0.15, -0.1) is 5.10 Å². The summed E-state index contributed by atoms with van der Waals surface area (Å²) in [5.41, 5.74) is 2.71. The molecule has 7 nitrogen and oxygen atoms in total. The minimum Gasteiger partial charge on any atom is -0.355 e. The van der Waals surface area contributed by atoms with Crippen molar-refractivity contribution in [1.82, 2.24) is 30.4 Å². The Morgan fingerprint density at radius 2 is 1.80 bits per heavy atom. The van der Waals surface area contributed by atoms with Crippen molar-refractivity contribution in [2.75, 3.05) is 14.1 Å². The van der Waals surface area contributed by atoms with Crippen molar-refractivity contribution in [3.05, 3.63) is 71.5 Å². The average Bonchev–Trinajstić information content (AvgIpc) is 3.10. The van der Waals surface area contributed by atoms with Crippen molar-refractivity contribution < 1.29 is 4.79 Å². The molecule has 1 aromatic heterocycles. The first-order chi connectivity index (χ1) is 12.2. The number of nitrogens with zero attached hydrogens (tertiary/aromatic N) is 5. The molecular weight excluding hydrogens is 316 g/mol. The topological polar surface area (TPSA) is 75.9 Å². The van der Waals surface area contributed by atoms with Crippen LogP contribution in [0.5, 0.6) is 0 Å². The van der Waals surface area contributed by atoms with Crippen LogP contribution in [0.4, 0.5) is 0 Å². The van der Waals surface area contributed by atoms with Crippen molar-refractivity contribution in [2.45, 2.75) is 13.1 Å². The number of amides is 1. The lowest BCUT2D eigenvalue weighted by molar-refractivity contribution is 0.0963. The molecule has 2 aromatic carbocycles. The van der Waals surface area contributed by atoms with E-state index in [1.165, 1.54) is 0 Å². The highest BCUT2D eigenvalue weighted by atomic mass is 16.1. The molecule has 128 valence electrons. The maximum absolute atomic E-state index is 11.6. The van der Waals surface area contributed by atoms with Crippen LogP contribution in [0.2, 0.25) is 0 Å². The molecule has 0 radical (unpaired) electrons. The van der Waals surface area contributed by atoms with E-state index in [-0.39, 0.29) is 5.91 Å². The maximum atomic E-state index is 11.6. The Labute approximate surface area is 146 Å². The molecule has 1 N–H and O–H groups in total. The van der Waals surface area contributed by atoms with E-state index in [0.29, 0.717) is 12.1 Å². The Hall–Kier alpha value is -3.06. The molecule has 3 rings (SSSR count). The molecule has 0 spiro atoms. The van der Waals surface area contributed by atoms with Crippen molar-refractivity contribution in [2.24, 2.45) is 0 Å². The predicted octanol–water partition coefficient (Wildman–Crippen LogP) is 1.65. The summed E-state index contributed by atoms with van der Waals surface area (Å²) in [6, 6.07) is 17.4. The zero-order valence-corrected chi connectivity index (χ0v) is 14.3. The Balaban J connectivity index is 1.67. The molecule has 0 aliphatic rings. The normalized spacial score (nSPS) is 10.8. The van der Waals surface area contributed by atoms with Crippen molar-refractivity contribution >= 4 is 5.91 Å². The predicted molar refractivity (Wildman–Crippen MR) is 94.2 cm³/mol. The molecule has 0 unspecified atom stereocenters. The van der Waals surface area contributed by atoms with E-state index in [1.807, 2.05) is 61.6 Å². The number of tetrazole rings is 1. The van der Waals surface area contributed by atoms with Crippen LogP contribution in [-0.2, 0) is 13.1 Å². The van der Waals surface area contributed by atoms with Gasteiger partial charge in [0.05, 0.1) is 12.2 Å². The van der Waals surface area contributed by atoms with E-state index in [2.05, 4.69) is 25.7 Å². The third kappa shape index (κ3) is 4.07. The molecule has 0 aliphatic heterocycles. The molecule has 0 fully saturated rings. The molecular formula is C18H20N6O. The van der Waals surface area contributed by atoms with Gasteiger partial charge in [-0.2, -0.15) is 4.68 Å². The summed E-state index contributed by atoms with van der Waals surface area (Å²) < 4.78 is 1.74. The molecule has 3 aromatic rings. The lowest BCUT2D eigenvalue weighted by Gasteiger charge is -2.16. The molecule has 1 amide bonds. The summed E-state index contributed by atoms with van der Waals surface area (Å²) in [6.07, 6.45) is 0. The van der Waals surface area contributed by atoms with Gasteiger partial charge < -0.3 is 5.32 Å². The number of nitrogens with one attached hydrogen (secondary N) is 1. The van der Waals surface area contributed by atoms with Gasteiger partial charge >= 0.3 is 0 Å². The number of rotatable bonds is 6. The maximum Gasteiger partial charge on any atom is 0.251 e. The fourth-order valence-electron chi connectivity index (χ4n) is 2.59. The minimum absolute atomic E-state index is 0.0815. The highest BCUT2D eigenvalue weighted by Crippen LogP contribution is 2.11. The quantitative estimate of drug-likeness (QED) is 0.741. The summed E-state index contributed by atoms with van der Waals surface area (Å²) in [5, 5.41) is 14.6. The number of aromatic nitrogens is 4. The molecule has 1 heterocycles.